The molecule has 8 nitrogen and oxygen atoms in total. The minimum Gasteiger partial charge on any atom is -0.406 e. The van der Waals surface area contributed by atoms with E-state index < -0.39 is 24.2 Å². The second kappa shape index (κ2) is 16.1. The zero-order valence-corrected chi connectivity index (χ0v) is 24.7. The maximum atomic E-state index is 12.6. The van der Waals surface area contributed by atoms with E-state index in [-0.39, 0.29) is 18.1 Å². The van der Waals surface area contributed by atoms with E-state index >= 15 is 0 Å². The van der Waals surface area contributed by atoms with E-state index in [0.29, 0.717) is 37.9 Å². The summed E-state index contributed by atoms with van der Waals surface area (Å²) in [5, 5.41) is 12.0. The Morgan fingerprint density at radius 2 is 1.91 bits per heavy atom. The highest BCUT2D eigenvalue weighted by atomic mass is 19.4. The lowest BCUT2D eigenvalue weighted by molar-refractivity contribution is -0.274. The summed E-state index contributed by atoms with van der Waals surface area (Å²) in [5.41, 5.74) is 3.68. The molecule has 232 valence electrons. The Bertz CT molecular complexity index is 1290. The fourth-order valence-corrected chi connectivity index (χ4v) is 5.43. The van der Waals surface area contributed by atoms with Crippen molar-refractivity contribution in [3.8, 4) is 11.8 Å². The monoisotopic (exact) mass is 600 g/mol. The molecule has 1 fully saturated rings. The number of alkyl halides is 3. The molecule has 0 radical (unpaired) electrons. The zero-order chi connectivity index (χ0) is 31.4. The fourth-order valence-electron chi connectivity index (χ4n) is 5.43. The number of aryl methyl sites for hydroxylation is 2. The predicted molar refractivity (Wildman–Crippen MR) is 155 cm³/mol. The van der Waals surface area contributed by atoms with Gasteiger partial charge in [0.15, 0.2) is 0 Å². The molecule has 2 atom stereocenters. The first-order chi connectivity index (χ1) is 20.5. The van der Waals surface area contributed by atoms with Gasteiger partial charge in [0, 0.05) is 13.0 Å². The molecule has 0 aromatic heterocycles. The minimum atomic E-state index is -4.79. The number of carbonyl (C=O) groups excluding carboxylic acids is 3. The molecule has 3 rings (SSSR count). The van der Waals surface area contributed by atoms with Crippen molar-refractivity contribution in [2.24, 2.45) is 0 Å². The molecule has 0 aliphatic carbocycles. The van der Waals surface area contributed by atoms with Gasteiger partial charge in [0.1, 0.15) is 11.8 Å². The van der Waals surface area contributed by atoms with Gasteiger partial charge in [0.05, 0.1) is 12.0 Å². The van der Waals surface area contributed by atoms with E-state index in [1.165, 1.54) is 23.1 Å². The van der Waals surface area contributed by atoms with Gasteiger partial charge in [0.25, 0.3) is 0 Å². The highest BCUT2D eigenvalue weighted by Crippen LogP contribution is 2.28. The molecular formula is C32H39F3N4O4. The van der Waals surface area contributed by atoms with E-state index in [9.17, 15) is 32.8 Å². The molecular weight excluding hydrogens is 561 g/mol. The van der Waals surface area contributed by atoms with E-state index in [1.54, 1.807) is 6.07 Å². The molecule has 1 heterocycles. The zero-order valence-electron chi connectivity index (χ0n) is 24.7. The Morgan fingerprint density at radius 3 is 2.58 bits per heavy atom. The van der Waals surface area contributed by atoms with Crippen molar-refractivity contribution in [1.29, 1.82) is 5.26 Å². The van der Waals surface area contributed by atoms with Crippen LogP contribution < -0.4 is 10.1 Å². The quantitative estimate of drug-likeness (QED) is 0.158. The maximum absolute atomic E-state index is 12.6. The molecule has 43 heavy (non-hydrogen) atoms. The summed E-state index contributed by atoms with van der Waals surface area (Å²) in [6.07, 6.45) is 0.561. The number of nitriles is 1. The number of piperidine rings is 1. The number of hydrogen-bond donors (Lipinski definition) is 1. The van der Waals surface area contributed by atoms with Crippen LogP contribution in [-0.4, -0.2) is 60.1 Å². The molecule has 2 aromatic carbocycles. The fraction of sp³-hybridized carbons (Fsp3) is 0.500. The number of ether oxygens (including phenoxy) is 1. The first kappa shape index (κ1) is 33.6. The highest BCUT2D eigenvalue weighted by molar-refractivity contribution is 6.00. The summed E-state index contributed by atoms with van der Waals surface area (Å²) in [5.74, 6) is -1.63. The van der Waals surface area contributed by atoms with Gasteiger partial charge in [-0.15, -0.1) is 13.2 Å². The number of carbonyl (C=O) groups is 3. The number of nitrogens with zero attached hydrogens (tertiary/aromatic N) is 3. The van der Waals surface area contributed by atoms with Gasteiger partial charge in [-0.1, -0.05) is 43.7 Å². The van der Waals surface area contributed by atoms with Crippen molar-refractivity contribution in [3.05, 3.63) is 64.7 Å². The lowest BCUT2D eigenvalue weighted by Crippen LogP contribution is -2.51. The molecule has 2 aromatic rings. The van der Waals surface area contributed by atoms with Gasteiger partial charge in [-0.2, -0.15) is 5.26 Å². The third-order valence-electron chi connectivity index (χ3n) is 7.85. The summed E-state index contributed by atoms with van der Waals surface area (Å²) < 4.78 is 41.8. The normalized spacial score (nSPS) is 16.0. The predicted octanol–water partition coefficient (Wildman–Crippen LogP) is 5.39. The molecule has 1 aliphatic rings. The van der Waals surface area contributed by atoms with Crippen molar-refractivity contribution in [2.45, 2.75) is 83.7 Å². The van der Waals surface area contributed by atoms with E-state index in [0.717, 1.165) is 55.5 Å². The second-order valence-electron chi connectivity index (χ2n) is 10.8. The number of hydrogen-bond acceptors (Lipinski definition) is 6. The smallest absolute Gasteiger partial charge is 0.406 e. The summed E-state index contributed by atoms with van der Waals surface area (Å²) in [6.45, 7) is 6.59. The van der Waals surface area contributed by atoms with E-state index in [2.05, 4.69) is 21.0 Å². The Kier molecular flexibility index (Phi) is 12.6. The highest BCUT2D eigenvalue weighted by Gasteiger charge is 2.32. The minimum absolute atomic E-state index is 0.206. The molecule has 0 saturated carbocycles. The summed E-state index contributed by atoms with van der Waals surface area (Å²) in [4.78, 5) is 39.5. The number of halogens is 3. The van der Waals surface area contributed by atoms with Gasteiger partial charge >= 0.3 is 6.36 Å². The first-order valence-corrected chi connectivity index (χ1v) is 14.6. The molecule has 1 saturated heterocycles. The third kappa shape index (κ3) is 10.4. The topological polar surface area (TPSA) is 103 Å². The SMILES string of the molecule is CCN(CCCCCc1cccc(C)c1CN(C=O)C1CCC(=O)NC1=O)CCC(C#N)c1cccc(OC(F)(F)F)c1. The number of rotatable bonds is 16. The third-order valence-corrected chi connectivity index (χ3v) is 7.85. The Hall–Kier alpha value is -3.91. The molecule has 1 aliphatic heterocycles. The van der Waals surface area contributed by atoms with E-state index in [4.69, 9.17) is 0 Å². The Balaban J connectivity index is 1.49. The molecule has 0 bridgehead atoms. The number of nitrogens with one attached hydrogen (secondary N) is 1. The second-order valence-corrected chi connectivity index (χ2v) is 10.8. The Labute approximate surface area is 250 Å². The summed E-state index contributed by atoms with van der Waals surface area (Å²) >= 11 is 0. The summed E-state index contributed by atoms with van der Waals surface area (Å²) in [7, 11) is 0. The van der Waals surface area contributed by atoms with Crippen LogP contribution in [0, 0.1) is 18.3 Å². The standard InChI is InChI=1S/C32H39F3N4O4/c1-3-38(18-16-26(20-36)25-12-8-13-27(19-25)43-32(33,34)35)17-6-4-5-10-24-11-7-9-23(2)28(24)21-39(22-40)29-14-15-30(41)37-31(29)42/h7-9,11-13,19,22,26,29H,3-6,10,14-18,21H2,1-2H3,(H,37,41,42). The van der Waals surface area contributed by atoms with Crippen molar-refractivity contribution >= 4 is 18.2 Å². The number of imide groups is 1. The lowest BCUT2D eigenvalue weighted by atomic mass is 9.95. The van der Waals surface area contributed by atoms with Crippen LogP contribution in [0.25, 0.3) is 0 Å². The van der Waals surface area contributed by atoms with Gasteiger partial charge < -0.3 is 14.5 Å². The molecule has 0 spiro atoms. The van der Waals surface area contributed by atoms with Crippen LogP contribution in [0.1, 0.15) is 73.6 Å². The van der Waals surface area contributed by atoms with Crippen LogP contribution in [0.4, 0.5) is 13.2 Å². The Morgan fingerprint density at radius 1 is 1.14 bits per heavy atom. The van der Waals surface area contributed by atoms with Crippen molar-refractivity contribution in [2.75, 3.05) is 19.6 Å². The van der Waals surface area contributed by atoms with Crippen molar-refractivity contribution in [3.63, 3.8) is 0 Å². The van der Waals surface area contributed by atoms with Gasteiger partial charge in [-0.3, -0.25) is 19.7 Å². The van der Waals surface area contributed by atoms with Crippen LogP contribution in [0.15, 0.2) is 42.5 Å². The van der Waals surface area contributed by atoms with Crippen LogP contribution in [0.2, 0.25) is 0 Å². The molecule has 1 N–H and O–H groups in total. The molecule has 11 heteroatoms. The van der Waals surface area contributed by atoms with Gasteiger partial charge in [0.2, 0.25) is 18.2 Å². The van der Waals surface area contributed by atoms with Gasteiger partial charge in [-0.05, 0) is 93.0 Å². The van der Waals surface area contributed by atoms with Crippen LogP contribution >= 0.6 is 0 Å². The van der Waals surface area contributed by atoms with Crippen molar-refractivity contribution < 1.29 is 32.3 Å². The van der Waals surface area contributed by atoms with Crippen LogP contribution in [0.3, 0.4) is 0 Å². The summed E-state index contributed by atoms with van der Waals surface area (Å²) in [6, 6.07) is 13.2. The largest absolute Gasteiger partial charge is 0.573 e. The lowest BCUT2D eigenvalue weighted by Gasteiger charge is -2.31. The number of unbranched alkanes of at least 4 members (excludes halogenated alkanes) is 2. The average molecular weight is 601 g/mol. The number of amides is 3. The number of benzene rings is 2. The maximum Gasteiger partial charge on any atom is 0.573 e. The average Bonchev–Trinajstić information content (AvgIpc) is 2.95. The van der Waals surface area contributed by atoms with Crippen LogP contribution in [0.5, 0.6) is 5.75 Å². The van der Waals surface area contributed by atoms with E-state index in [1.807, 2.05) is 32.0 Å². The molecule has 2 unspecified atom stereocenters. The van der Waals surface area contributed by atoms with Gasteiger partial charge in [-0.25, -0.2) is 0 Å². The first-order valence-electron chi connectivity index (χ1n) is 14.6. The van der Waals surface area contributed by atoms with Crippen LogP contribution in [-0.2, 0) is 27.3 Å². The molecule has 3 amide bonds. The van der Waals surface area contributed by atoms with Crippen molar-refractivity contribution in [1.82, 2.24) is 15.1 Å².